The van der Waals surface area contributed by atoms with E-state index in [-0.39, 0.29) is 17.7 Å². The monoisotopic (exact) mass is 350 g/mol. The molecule has 0 fully saturated rings. The van der Waals surface area contributed by atoms with Gasteiger partial charge in [0, 0.05) is 29.4 Å². The van der Waals surface area contributed by atoms with Gasteiger partial charge in [0.1, 0.15) is 0 Å². The maximum Gasteiger partial charge on any atom is 0.255 e. The number of hydrogen-bond donors (Lipinski definition) is 1. The molecular formula is C22H26N2O2. The highest BCUT2D eigenvalue weighted by atomic mass is 16.2. The first-order valence-electron chi connectivity index (χ1n) is 9.34. The van der Waals surface area contributed by atoms with E-state index in [1.165, 1.54) is 5.56 Å². The third kappa shape index (κ3) is 3.79. The average Bonchev–Trinajstić information content (AvgIpc) is 2.66. The van der Waals surface area contributed by atoms with E-state index in [0.717, 1.165) is 42.7 Å². The SMILES string of the molecule is CCc1ccc(C(=O)Nc2ccc3c(c2)N(C(=O)C(C)C)CCC3)cc1. The second-order valence-electron chi connectivity index (χ2n) is 7.10. The maximum atomic E-state index is 12.5. The van der Waals surface area contributed by atoms with Crippen molar-refractivity contribution in [2.45, 2.75) is 40.0 Å². The van der Waals surface area contributed by atoms with Gasteiger partial charge >= 0.3 is 0 Å². The second-order valence-corrected chi connectivity index (χ2v) is 7.10. The van der Waals surface area contributed by atoms with Gasteiger partial charge < -0.3 is 10.2 Å². The number of nitrogens with one attached hydrogen (secondary N) is 1. The van der Waals surface area contributed by atoms with Gasteiger partial charge in [-0.1, -0.05) is 39.0 Å². The third-order valence-electron chi connectivity index (χ3n) is 4.85. The molecule has 0 saturated heterocycles. The van der Waals surface area contributed by atoms with E-state index in [0.29, 0.717) is 5.56 Å². The summed E-state index contributed by atoms with van der Waals surface area (Å²) in [5.74, 6) is -0.0500. The minimum absolute atomic E-state index is 0.0451. The number of aryl methyl sites for hydroxylation is 2. The molecule has 2 aromatic rings. The first kappa shape index (κ1) is 18.2. The first-order chi connectivity index (χ1) is 12.5. The van der Waals surface area contributed by atoms with Crippen LogP contribution < -0.4 is 10.2 Å². The number of amides is 2. The molecule has 1 aliphatic heterocycles. The van der Waals surface area contributed by atoms with Crippen LogP contribution in [0, 0.1) is 5.92 Å². The van der Waals surface area contributed by atoms with Gasteiger partial charge in [-0.25, -0.2) is 0 Å². The molecule has 3 rings (SSSR count). The first-order valence-corrected chi connectivity index (χ1v) is 9.34. The number of nitrogens with zero attached hydrogens (tertiary/aromatic N) is 1. The van der Waals surface area contributed by atoms with Crippen LogP contribution in [0.3, 0.4) is 0 Å². The van der Waals surface area contributed by atoms with Gasteiger partial charge in [0.05, 0.1) is 0 Å². The van der Waals surface area contributed by atoms with Crippen molar-refractivity contribution >= 4 is 23.2 Å². The lowest BCUT2D eigenvalue weighted by Crippen LogP contribution is -2.38. The molecule has 1 aliphatic rings. The van der Waals surface area contributed by atoms with Crippen LogP contribution in [-0.2, 0) is 17.6 Å². The van der Waals surface area contributed by atoms with Gasteiger partial charge in [-0.05, 0) is 54.7 Å². The number of fused-ring (bicyclic) bond motifs is 1. The van der Waals surface area contributed by atoms with E-state index >= 15 is 0 Å². The summed E-state index contributed by atoms with van der Waals surface area (Å²) in [6.07, 6.45) is 2.89. The normalized spacial score (nSPS) is 13.5. The molecule has 26 heavy (non-hydrogen) atoms. The minimum Gasteiger partial charge on any atom is -0.322 e. The number of anilines is 2. The summed E-state index contributed by atoms with van der Waals surface area (Å²) in [6.45, 7) is 6.66. The lowest BCUT2D eigenvalue weighted by atomic mass is 9.99. The molecule has 2 aromatic carbocycles. The Hall–Kier alpha value is -2.62. The Balaban J connectivity index is 1.82. The minimum atomic E-state index is -0.134. The van der Waals surface area contributed by atoms with Crippen molar-refractivity contribution in [3.63, 3.8) is 0 Å². The predicted molar refractivity (Wildman–Crippen MR) is 106 cm³/mol. The summed E-state index contributed by atoms with van der Waals surface area (Å²) in [5.41, 5.74) is 4.65. The van der Waals surface area contributed by atoms with Crippen LogP contribution in [0.1, 0.15) is 48.7 Å². The van der Waals surface area contributed by atoms with Gasteiger partial charge in [0.25, 0.3) is 5.91 Å². The van der Waals surface area contributed by atoms with Crippen molar-refractivity contribution in [2.24, 2.45) is 5.92 Å². The number of carbonyl (C=O) groups is 2. The highest BCUT2D eigenvalue weighted by Gasteiger charge is 2.24. The lowest BCUT2D eigenvalue weighted by Gasteiger charge is -2.31. The fraction of sp³-hybridized carbons (Fsp3) is 0.364. The molecule has 1 heterocycles. The Labute approximate surface area is 155 Å². The van der Waals surface area contributed by atoms with Crippen LogP contribution in [0.25, 0.3) is 0 Å². The molecule has 0 bridgehead atoms. The zero-order chi connectivity index (χ0) is 18.7. The van der Waals surface area contributed by atoms with Crippen LogP contribution in [0.2, 0.25) is 0 Å². The maximum absolute atomic E-state index is 12.5. The second kappa shape index (κ2) is 7.73. The molecule has 1 N–H and O–H groups in total. The molecule has 0 spiro atoms. The topological polar surface area (TPSA) is 49.4 Å². The standard InChI is InChI=1S/C22H26N2O2/c1-4-16-7-9-18(10-8-16)21(25)23-19-12-11-17-6-5-13-24(20(17)14-19)22(26)15(2)3/h7-12,14-15H,4-6,13H2,1-3H3,(H,23,25). The van der Waals surface area contributed by atoms with Gasteiger partial charge in [-0.2, -0.15) is 0 Å². The van der Waals surface area contributed by atoms with Gasteiger partial charge in [0.2, 0.25) is 5.91 Å². The molecule has 4 heteroatoms. The Morgan fingerprint density at radius 3 is 2.50 bits per heavy atom. The molecule has 0 atom stereocenters. The fourth-order valence-corrected chi connectivity index (χ4v) is 3.29. The largest absolute Gasteiger partial charge is 0.322 e. The van der Waals surface area contributed by atoms with Crippen LogP contribution >= 0.6 is 0 Å². The van der Waals surface area contributed by atoms with Gasteiger partial charge in [0.15, 0.2) is 0 Å². The fourth-order valence-electron chi connectivity index (χ4n) is 3.29. The number of rotatable bonds is 4. The summed E-state index contributed by atoms with van der Waals surface area (Å²) in [4.78, 5) is 26.9. The lowest BCUT2D eigenvalue weighted by molar-refractivity contribution is -0.121. The van der Waals surface area contributed by atoms with Crippen molar-refractivity contribution in [3.8, 4) is 0 Å². The average molecular weight is 350 g/mol. The molecule has 4 nitrogen and oxygen atoms in total. The number of carbonyl (C=O) groups excluding carboxylic acids is 2. The van der Waals surface area contributed by atoms with Gasteiger partial charge in [-0.3, -0.25) is 9.59 Å². The summed E-state index contributed by atoms with van der Waals surface area (Å²) in [6, 6.07) is 13.5. The highest BCUT2D eigenvalue weighted by Crippen LogP contribution is 2.31. The molecule has 0 aliphatic carbocycles. The Morgan fingerprint density at radius 2 is 1.85 bits per heavy atom. The van der Waals surface area contributed by atoms with E-state index in [1.54, 1.807) is 0 Å². The number of benzene rings is 2. The van der Waals surface area contributed by atoms with E-state index in [2.05, 4.69) is 12.2 Å². The molecule has 0 unspecified atom stereocenters. The Bertz CT molecular complexity index is 809. The van der Waals surface area contributed by atoms with Crippen LogP contribution in [-0.4, -0.2) is 18.4 Å². The van der Waals surface area contributed by atoms with Crippen LogP contribution in [0.15, 0.2) is 42.5 Å². The summed E-state index contributed by atoms with van der Waals surface area (Å²) >= 11 is 0. The molecule has 0 saturated carbocycles. The van der Waals surface area contributed by atoms with Crippen molar-refractivity contribution in [2.75, 3.05) is 16.8 Å². The number of hydrogen-bond acceptors (Lipinski definition) is 2. The van der Waals surface area contributed by atoms with E-state index < -0.39 is 0 Å². The smallest absolute Gasteiger partial charge is 0.255 e. The summed E-state index contributed by atoms with van der Waals surface area (Å²) in [5, 5.41) is 2.96. The molecule has 136 valence electrons. The molecule has 0 radical (unpaired) electrons. The van der Waals surface area contributed by atoms with Crippen molar-refractivity contribution in [1.82, 2.24) is 0 Å². The summed E-state index contributed by atoms with van der Waals surface area (Å²) < 4.78 is 0. The molecule has 2 amide bonds. The van der Waals surface area contributed by atoms with Crippen LogP contribution in [0.5, 0.6) is 0 Å². The van der Waals surface area contributed by atoms with Crippen molar-refractivity contribution in [1.29, 1.82) is 0 Å². The zero-order valence-electron chi connectivity index (χ0n) is 15.7. The molecular weight excluding hydrogens is 324 g/mol. The van der Waals surface area contributed by atoms with E-state index in [4.69, 9.17) is 0 Å². The van der Waals surface area contributed by atoms with E-state index in [1.807, 2.05) is 61.2 Å². The highest BCUT2D eigenvalue weighted by molar-refractivity contribution is 6.05. The van der Waals surface area contributed by atoms with E-state index in [9.17, 15) is 9.59 Å². The Kier molecular flexibility index (Phi) is 5.40. The summed E-state index contributed by atoms with van der Waals surface area (Å²) in [7, 11) is 0. The van der Waals surface area contributed by atoms with Gasteiger partial charge in [-0.15, -0.1) is 0 Å². The Morgan fingerprint density at radius 1 is 1.12 bits per heavy atom. The predicted octanol–water partition coefficient (Wildman–Crippen LogP) is 4.44. The quantitative estimate of drug-likeness (QED) is 0.886. The zero-order valence-corrected chi connectivity index (χ0v) is 15.7. The van der Waals surface area contributed by atoms with Crippen molar-refractivity contribution in [3.05, 3.63) is 59.2 Å². The van der Waals surface area contributed by atoms with Crippen LogP contribution in [0.4, 0.5) is 11.4 Å². The van der Waals surface area contributed by atoms with Crippen molar-refractivity contribution < 1.29 is 9.59 Å². The third-order valence-corrected chi connectivity index (χ3v) is 4.85. The molecule has 0 aromatic heterocycles.